The predicted octanol–water partition coefficient (Wildman–Crippen LogP) is 1.21. The van der Waals surface area contributed by atoms with Crippen molar-refractivity contribution < 1.29 is 4.79 Å². The fourth-order valence-electron chi connectivity index (χ4n) is 3.15. The molecule has 0 saturated carbocycles. The van der Waals surface area contributed by atoms with Crippen LogP contribution >= 0.6 is 0 Å². The zero-order valence-electron chi connectivity index (χ0n) is 14.3. The van der Waals surface area contributed by atoms with Crippen LogP contribution in [0.1, 0.15) is 31.2 Å². The summed E-state index contributed by atoms with van der Waals surface area (Å²) in [5.74, 6) is 0.765. The van der Waals surface area contributed by atoms with E-state index in [1.54, 1.807) is 0 Å². The Labute approximate surface area is 146 Å². The number of hydrogen-bond donors (Lipinski definition) is 3. The summed E-state index contributed by atoms with van der Waals surface area (Å²) in [6, 6.07) is 7.70. The van der Waals surface area contributed by atoms with E-state index in [0.717, 1.165) is 37.1 Å². The van der Waals surface area contributed by atoms with E-state index in [9.17, 15) is 4.79 Å². The highest BCUT2D eigenvalue weighted by atomic mass is 16.1. The summed E-state index contributed by atoms with van der Waals surface area (Å²) in [7, 11) is 0. The number of likely N-dealkylation sites (tertiary alicyclic amines) is 1. The van der Waals surface area contributed by atoms with Crippen LogP contribution in [0, 0.1) is 0 Å². The number of nitrogens with one attached hydrogen (secondary N) is 1. The molecule has 8 nitrogen and oxygen atoms in total. The van der Waals surface area contributed by atoms with Crippen LogP contribution in [0.5, 0.6) is 0 Å². The molecule has 2 aromatic rings. The van der Waals surface area contributed by atoms with Crippen molar-refractivity contribution in [2.75, 3.05) is 17.6 Å². The number of aromatic nitrogens is 3. The molecule has 1 atom stereocenters. The number of hydrogen-bond acceptors (Lipinski definition) is 7. The van der Waals surface area contributed by atoms with Crippen LogP contribution in [-0.2, 0) is 17.8 Å². The van der Waals surface area contributed by atoms with Gasteiger partial charge in [0.25, 0.3) is 0 Å². The fourth-order valence-corrected chi connectivity index (χ4v) is 3.15. The van der Waals surface area contributed by atoms with E-state index >= 15 is 0 Å². The number of benzene rings is 1. The maximum Gasteiger partial charge on any atom is 0.234 e. The fraction of sp³-hybridized carbons (Fsp3) is 0.412. The van der Waals surface area contributed by atoms with Gasteiger partial charge in [0.2, 0.25) is 17.8 Å². The number of primary amides is 1. The van der Waals surface area contributed by atoms with E-state index in [1.165, 1.54) is 0 Å². The molecule has 132 valence electrons. The Balaban J connectivity index is 1.80. The Morgan fingerprint density at radius 3 is 2.88 bits per heavy atom. The monoisotopic (exact) mass is 341 g/mol. The van der Waals surface area contributed by atoms with Gasteiger partial charge in [-0.1, -0.05) is 25.1 Å². The lowest BCUT2D eigenvalue weighted by Gasteiger charge is -2.21. The van der Waals surface area contributed by atoms with Gasteiger partial charge in [0.05, 0.1) is 12.6 Å². The molecule has 1 aromatic carbocycles. The third kappa shape index (κ3) is 4.03. The molecule has 1 aromatic heterocycles. The number of rotatable bonds is 6. The van der Waals surface area contributed by atoms with Gasteiger partial charge in [-0.3, -0.25) is 9.69 Å². The summed E-state index contributed by atoms with van der Waals surface area (Å²) in [6.45, 7) is 3.30. The molecule has 0 spiro atoms. The van der Waals surface area contributed by atoms with Crippen LogP contribution in [0.4, 0.5) is 17.6 Å². The van der Waals surface area contributed by atoms with Crippen molar-refractivity contribution in [3.63, 3.8) is 0 Å². The zero-order valence-corrected chi connectivity index (χ0v) is 14.3. The molecule has 1 amide bonds. The van der Waals surface area contributed by atoms with Gasteiger partial charge in [-0.05, 0) is 37.4 Å². The predicted molar refractivity (Wildman–Crippen MR) is 96.0 cm³/mol. The molecule has 0 bridgehead atoms. The molecule has 0 aliphatic carbocycles. The highest BCUT2D eigenvalue weighted by Gasteiger charge is 2.29. The average molecular weight is 341 g/mol. The lowest BCUT2D eigenvalue weighted by atomic mass is 10.1. The Morgan fingerprint density at radius 1 is 1.32 bits per heavy atom. The molecule has 0 unspecified atom stereocenters. The second-order valence-corrected chi connectivity index (χ2v) is 6.10. The van der Waals surface area contributed by atoms with Crippen molar-refractivity contribution in [2.45, 2.75) is 38.8 Å². The van der Waals surface area contributed by atoms with Gasteiger partial charge in [0.1, 0.15) is 5.82 Å². The third-order valence-electron chi connectivity index (χ3n) is 4.38. The lowest BCUT2D eigenvalue weighted by molar-refractivity contribution is -0.122. The van der Waals surface area contributed by atoms with Gasteiger partial charge >= 0.3 is 0 Å². The molecule has 1 saturated heterocycles. The molecule has 8 heteroatoms. The van der Waals surface area contributed by atoms with Crippen LogP contribution in [0.15, 0.2) is 24.3 Å². The number of nitrogen functional groups attached to an aromatic ring is 1. The zero-order chi connectivity index (χ0) is 17.8. The van der Waals surface area contributed by atoms with Gasteiger partial charge in [0, 0.05) is 5.69 Å². The summed E-state index contributed by atoms with van der Waals surface area (Å²) in [6.07, 6.45) is 2.60. The Bertz CT molecular complexity index is 764. The van der Waals surface area contributed by atoms with Crippen LogP contribution in [0.3, 0.4) is 0 Å². The second kappa shape index (κ2) is 7.43. The quantitative estimate of drug-likeness (QED) is 0.721. The van der Waals surface area contributed by atoms with Crippen LogP contribution in [-0.4, -0.2) is 38.3 Å². The SMILES string of the molecule is CCc1ccccc1Nc1nc(N)nc(CN2CCC[C@@H]2C(N)=O)n1. The van der Waals surface area contributed by atoms with Gasteiger partial charge in [-0.2, -0.15) is 15.0 Å². The third-order valence-corrected chi connectivity index (χ3v) is 4.38. The number of amides is 1. The number of carbonyl (C=O) groups is 1. The van der Waals surface area contributed by atoms with Crippen molar-refractivity contribution in [1.29, 1.82) is 0 Å². The highest BCUT2D eigenvalue weighted by Crippen LogP contribution is 2.21. The first-order valence-corrected chi connectivity index (χ1v) is 8.45. The van der Waals surface area contributed by atoms with Crippen molar-refractivity contribution in [3.8, 4) is 0 Å². The van der Waals surface area contributed by atoms with E-state index < -0.39 is 0 Å². The summed E-state index contributed by atoms with van der Waals surface area (Å²) in [5, 5.41) is 3.21. The van der Waals surface area contributed by atoms with Crippen molar-refractivity contribution in [3.05, 3.63) is 35.7 Å². The number of anilines is 3. The molecular formula is C17H23N7O. The largest absolute Gasteiger partial charge is 0.368 e. The number of aryl methyl sites for hydroxylation is 1. The maximum absolute atomic E-state index is 11.5. The van der Waals surface area contributed by atoms with Crippen LogP contribution < -0.4 is 16.8 Å². The minimum atomic E-state index is -0.310. The van der Waals surface area contributed by atoms with Gasteiger partial charge in [-0.15, -0.1) is 0 Å². The van der Waals surface area contributed by atoms with Crippen LogP contribution in [0.25, 0.3) is 0 Å². The van der Waals surface area contributed by atoms with Gasteiger partial charge in [-0.25, -0.2) is 0 Å². The number of nitrogens with two attached hydrogens (primary N) is 2. The lowest BCUT2D eigenvalue weighted by Crippen LogP contribution is -2.40. The first-order valence-electron chi connectivity index (χ1n) is 8.45. The topological polar surface area (TPSA) is 123 Å². The summed E-state index contributed by atoms with van der Waals surface area (Å²) < 4.78 is 0. The first-order chi connectivity index (χ1) is 12.1. The smallest absolute Gasteiger partial charge is 0.234 e. The number of carbonyl (C=O) groups excluding carboxylic acids is 1. The molecule has 1 aliphatic rings. The molecular weight excluding hydrogens is 318 g/mol. The first kappa shape index (κ1) is 17.1. The second-order valence-electron chi connectivity index (χ2n) is 6.10. The standard InChI is InChI=1S/C17H23N7O/c1-2-11-6-3-4-7-12(11)20-17-22-14(21-16(19)23-17)10-24-9-5-8-13(24)15(18)25/h3-4,6-7,13H,2,5,8-10H2,1H3,(H2,18,25)(H3,19,20,21,22,23)/t13-/m1/s1. The molecule has 3 rings (SSSR count). The van der Waals surface area contributed by atoms with Crippen molar-refractivity contribution in [2.24, 2.45) is 5.73 Å². The summed E-state index contributed by atoms with van der Waals surface area (Å²) in [5.41, 5.74) is 13.4. The van der Waals surface area contributed by atoms with E-state index in [0.29, 0.717) is 18.3 Å². The van der Waals surface area contributed by atoms with E-state index in [4.69, 9.17) is 11.5 Å². The summed E-state index contributed by atoms with van der Waals surface area (Å²) in [4.78, 5) is 26.3. The number of nitrogens with zero attached hydrogens (tertiary/aromatic N) is 4. The Kier molecular flexibility index (Phi) is 5.08. The van der Waals surface area contributed by atoms with E-state index in [2.05, 4.69) is 33.3 Å². The van der Waals surface area contributed by atoms with E-state index in [-0.39, 0.29) is 17.9 Å². The highest BCUT2D eigenvalue weighted by molar-refractivity contribution is 5.80. The van der Waals surface area contributed by atoms with E-state index in [1.807, 2.05) is 23.1 Å². The van der Waals surface area contributed by atoms with Crippen molar-refractivity contribution in [1.82, 2.24) is 19.9 Å². The van der Waals surface area contributed by atoms with Crippen LogP contribution in [0.2, 0.25) is 0 Å². The molecule has 5 N–H and O–H groups in total. The Morgan fingerprint density at radius 2 is 2.12 bits per heavy atom. The molecule has 25 heavy (non-hydrogen) atoms. The average Bonchev–Trinajstić information content (AvgIpc) is 3.03. The van der Waals surface area contributed by atoms with Gasteiger partial charge < -0.3 is 16.8 Å². The Hall–Kier alpha value is -2.74. The number of para-hydroxylation sites is 1. The minimum Gasteiger partial charge on any atom is -0.368 e. The van der Waals surface area contributed by atoms with Crippen molar-refractivity contribution >= 4 is 23.5 Å². The molecule has 1 fully saturated rings. The maximum atomic E-state index is 11.5. The normalized spacial score (nSPS) is 17.6. The minimum absolute atomic E-state index is 0.149. The molecule has 0 radical (unpaired) electrons. The molecule has 1 aliphatic heterocycles. The van der Waals surface area contributed by atoms with Gasteiger partial charge in [0.15, 0.2) is 0 Å². The summed E-state index contributed by atoms with van der Waals surface area (Å²) >= 11 is 0. The molecule has 2 heterocycles.